The summed E-state index contributed by atoms with van der Waals surface area (Å²) < 4.78 is 5.43. The van der Waals surface area contributed by atoms with Gasteiger partial charge in [0.25, 0.3) is 0 Å². The van der Waals surface area contributed by atoms with Gasteiger partial charge in [0.15, 0.2) is 0 Å². The Morgan fingerprint density at radius 2 is 2.04 bits per heavy atom. The van der Waals surface area contributed by atoms with E-state index in [1.165, 1.54) is 0 Å². The number of nitrogens with zero attached hydrogens (tertiary/aromatic N) is 2. The van der Waals surface area contributed by atoms with Crippen LogP contribution in [0.15, 0.2) is 42.6 Å². The predicted molar refractivity (Wildman–Crippen MR) is 106 cm³/mol. The molecule has 27 heavy (non-hydrogen) atoms. The standard InChI is InChI=1S/C21H24ClN3O2/c22-18-6-1-5-17(14-18)21(7-3-8-21)20(26)24-15-16-4-2-9-23-19(16)25-10-12-27-13-11-25/h1-2,4-6,9,14H,3,7-8,10-13,15H2,(H,24,26). The van der Waals surface area contributed by atoms with Crippen molar-refractivity contribution in [2.75, 3.05) is 31.2 Å². The third-order valence-electron chi connectivity index (χ3n) is 5.64. The molecule has 6 heteroatoms. The molecule has 1 N–H and O–H groups in total. The fraction of sp³-hybridized carbons (Fsp3) is 0.429. The summed E-state index contributed by atoms with van der Waals surface area (Å²) in [4.78, 5) is 19.9. The normalized spacial score (nSPS) is 18.6. The largest absolute Gasteiger partial charge is 0.378 e. The smallest absolute Gasteiger partial charge is 0.230 e. The maximum Gasteiger partial charge on any atom is 0.230 e. The zero-order chi connectivity index (χ0) is 18.7. The first-order valence-electron chi connectivity index (χ1n) is 9.50. The van der Waals surface area contributed by atoms with Gasteiger partial charge in [0.2, 0.25) is 5.91 Å². The maximum atomic E-state index is 13.1. The molecule has 0 radical (unpaired) electrons. The van der Waals surface area contributed by atoms with Gasteiger partial charge < -0.3 is 15.0 Å². The second kappa shape index (κ2) is 7.87. The molecule has 2 fully saturated rings. The minimum Gasteiger partial charge on any atom is -0.378 e. The summed E-state index contributed by atoms with van der Waals surface area (Å²) in [5.74, 6) is 1.01. The Labute approximate surface area is 164 Å². The van der Waals surface area contributed by atoms with E-state index in [-0.39, 0.29) is 5.91 Å². The molecule has 2 aliphatic rings. The molecule has 0 spiro atoms. The maximum absolute atomic E-state index is 13.1. The molecule has 5 nitrogen and oxygen atoms in total. The highest BCUT2D eigenvalue weighted by Gasteiger charge is 2.45. The third-order valence-corrected chi connectivity index (χ3v) is 5.87. The van der Waals surface area contributed by atoms with E-state index in [1.54, 1.807) is 6.20 Å². The number of amides is 1. The summed E-state index contributed by atoms with van der Waals surface area (Å²) in [6, 6.07) is 11.6. The summed E-state index contributed by atoms with van der Waals surface area (Å²) >= 11 is 6.16. The number of carbonyl (C=O) groups is 1. The Morgan fingerprint density at radius 1 is 1.22 bits per heavy atom. The Hall–Kier alpha value is -2.11. The topological polar surface area (TPSA) is 54.5 Å². The van der Waals surface area contributed by atoms with E-state index in [0.29, 0.717) is 24.8 Å². The molecule has 1 aromatic carbocycles. The first-order chi connectivity index (χ1) is 13.2. The average molecular weight is 386 g/mol. The molecular formula is C21H24ClN3O2. The van der Waals surface area contributed by atoms with Gasteiger partial charge in [-0.25, -0.2) is 4.98 Å². The highest BCUT2D eigenvalue weighted by molar-refractivity contribution is 6.30. The second-order valence-electron chi connectivity index (χ2n) is 7.21. The summed E-state index contributed by atoms with van der Waals surface area (Å²) in [6.07, 6.45) is 4.59. The number of nitrogens with one attached hydrogen (secondary N) is 1. The fourth-order valence-corrected chi connectivity index (χ4v) is 4.13. The Bertz CT molecular complexity index is 817. The molecule has 0 atom stereocenters. The monoisotopic (exact) mass is 385 g/mol. The third kappa shape index (κ3) is 3.66. The number of benzene rings is 1. The van der Waals surface area contributed by atoms with Crippen LogP contribution in [-0.2, 0) is 21.5 Å². The number of carbonyl (C=O) groups excluding carboxylic acids is 1. The molecule has 4 rings (SSSR count). The van der Waals surface area contributed by atoms with Crippen molar-refractivity contribution < 1.29 is 9.53 Å². The van der Waals surface area contributed by atoms with Crippen LogP contribution in [0.2, 0.25) is 5.02 Å². The van der Waals surface area contributed by atoms with E-state index in [4.69, 9.17) is 16.3 Å². The van der Waals surface area contributed by atoms with E-state index >= 15 is 0 Å². The highest BCUT2D eigenvalue weighted by atomic mass is 35.5. The van der Waals surface area contributed by atoms with Crippen molar-refractivity contribution in [3.8, 4) is 0 Å². The van der Waals surface area contributed by atoms with E-state index in [9.17, 15) is 4.79 Å². The van der Waals surface area contributed by atoms with Gasteiger partial charge in [0.05, 0.1) is 18.6 Å². The molecule has 0 bridgehead atoms. The number of hydrogen-bond donors (Lipinski definition) is 1. The van der Waals surface area contributed by atoms with Gasteiger partial charge in [-0.05, 0) is 36.6 Å². The van der Waals surface area contributed by atoms with E-state index in [2.05, 4.69) is 15.2 Å². The van der Waals surface area contributed by atoms with Crippen molar-refractivity contribution in [3.63, 3.8) is 0 Å². The lowest BCUT2D eigenvalue weighted by Gasteiger charge is -2.41. The SMILES string of the molecule is O=C(NCc1cccnc1N1CCOCC1)C1(c2cccc(Cl)c2)CCC1. The molecule has 1 saturated carbocycles. The molecule has 2 aromatic rings. The number of hydrogen-bond acceptors (Lipinski definition) is 4. The molecule has 0 unspecified atom stereocenters. The predicted octanol–water partition coefficient (Wildman–Crippen LogP) is 3.31. The van der Waals surface area contributed by atoms with Crippen LogP contribution in [0.4, 0.5) is 5.82 Å². The number of morpholine rings is 1. The van der Waals surface area contributed by atoms with Crippen molar-refractivity contribution in [2.45, 2.75) is 31.2 Å². The average Bonchev–Trinajstić information content (AvgIpc) is 2.66. The van der Waals surface area contributed by atoms with Crippen molar-refractivity contribution in [2.24, 2.45) is 0 Å². The van der Waals surface area contributed by atoms with E-state index < -0.39 is 5.41 Å². The lowest BCUT2D eigenvalue weighted by atomic mass is 9.64. The number of ether oxygens (including phenoxy) is 1. The number of anilines is 1. The van der Waals surface area contributed by atoms with Crippen molar-refractivity contribution >= 4 is 23.3 Å². The van der Waals surface area contributed by atoms with Crippen LogP contribution in [0.1, 0.15) is 30.4 Å². The summed E-state index contributed by atoms with van der Waals surface area (Å²) in [7, 11) is 0. The zero-order valence-corrected chi connectivity index (χ0v) is 16.0. The number of pyridine rings is 1. The Kier molecular flexibility index (Phi) is 5.32. The van der Waals surface area contributed by atoms with Gasteiger partial charge in [-0.15, -0.1) is 0 Å². The lowest BCUT2D eigenvalue weighted by Crippen LogP contribution is -2.49. The van der Waals surface area contributed by atoms with Crippen LogP contribution in [-0.4, -0.2) is 37.2 Å². The number of halogens is 1. The fourth-order valence-electron chi connectivity index (χ4n) is 3.94. The quantitative estimate of drug-likeness (QED) is 0.857. The van der Waals surface area contributed by atoms with E-state index in [0.717, 1.165) is 49.3 Å². The summed E-state index contributed by atoms with van der Waals surface area (Å²) in [6.45, 7) is 3.54. The second-order valence-corrected chi connectivity index (χ2v) is 7.65. The molecule has 1 aliphatic carbocycles. The van der Waals surface area contributed by atoms with Crippen LogP contribution >= 0.6 is 11.6 Å². The van der Waals surface area contributed by atoms with E-state index in [1.807, 2.05) is 36.4 Å². The molecule has 1 aliphatic heterocycles. The number of rotatable bonds is 5. The minimum atomic E-state index is -0.452. The van der Waals surface area contributed by atoms with Crippen LogP contribution < -0.4 is 10.2 Å². The molecule has 1 aromatic heterocycles. The Morgan fingerprint density at radius 3 is 2.74 bits per heavy atom. The highest BCUT2D eigenvalue weighted by Crippen LogP contribution is 2.44. The first kappa shape index (κ1) is 18.3. The summed E-state index contributed by atoms with van der Waals surface area (Å²) in [5.41, 5.74) is 1.60. The van der Waals surface area contributed by atoms with Gasteiger partial charge in [-0.2, -0.15) is 0 Å². The van der Waals surface area contributed by atoms with Crippen LogP contribution in [0.3, 0.4) is 0 Å². The first-order valence-corrected chi connectivity index (χ1v) is 9.88. The Balaban J connectivity index is 1.49. The van der Waals surface area contributed by atoms with Gasteiger partial charge in [0.1, 0.15) is 5.82 Å². The van der Waals surface area contributed by atoms with Crippen LogP contribution in [0.5, 0.6) is 0 Å². The van der Waals surface area contributed by atoms with Crippen LogP contribution in [0.25, 0.3) is 0 Å². The molecular weight excluding hydrogens is 362 g/mol. The van der Waals surface area contributed by atoms with Gasteiger partial charge in [-0.3, -0.25) is 4.79 Å². The van der Waals surface area contributed by atoms with Gasteiger partial charge >= 0.3 is 0 Å². The van der Waals surface area contributed by atoms with Gasteiger partial charge in [-0.1, -0.05) is 36.2 Å². The van der Waals surface area contributed by atoms with Gasteiger partial charge in [0, 0.05) is 36.4 Å². The number of aromatic nitrogens is 1. The minimum absolute atomic E-state index is 0.0767. The van der Waals surface area contributed by atoms with Crippen LogP contribution in [0, 0.1) is 0 Å². The lowest BCUT2D eigenvalue weighted by molar-refractivity contribution is -0.130. The molecule has 142 valence electrons. The summed E-state index contributed by atoms with van der Waals surface area (Å²) in [5, 5.41) is 3.83. The molecule has 1 amide bonds. The molecule has 2 heterocycles. The van der Waals surface area contributed by atoms with Crippen molar-refractivity contribution in [3.05, 3.63) is 58.7 Å². The zero-order valence-electron chi connectivity index (χ0n) is 15.3. The van der Waals surface area contributed by atoms with Crippen molar-refractivity contribution in [1.82, 2.24) is 10.3 Å². The molecule has 1 saturated heterocycles. The van der Waals surface area contributed by atoms with Crippen molar-refractivity contribution in [1.29, 1.82) is 0 Å².